The Morgan fingerprint density at radius 1 is 1.80 bits per heavy atom. The van der Waals surface area contributed by atoms with Crippen LogP contribution in [0.15, 0.2) is 9.90 Å². The Kier molecular flexibility index (Phi) is 3.27. The fourth-order valence-corrected chi connectivity index (χ4v) is 0. The van der Waals surface area contributed by atoms with Crippen LogP contribution in [0.4, 0.5) is 0 Å². The van der Waals surface area contributed by atoms with Crippen LogP contribution in [0.1, 0.15) is 0 Å². The molecule has 0 unspecified atom stereocenters. The van der Waals surface area contributed by atoms with Crippen molar-refractivity contribution in [1.29, 1.82) is 0 Å². The summed E-state index contributed by atoms with van der Waals surface area (Å²) in [6.07, 6.45) is 0. The predicted molar refractivity (Wildman–Crippen MR) is 28.8 cm³/mol. The molecule has 0 saturated heterocycles. The topological polar surface area (TPSA) is 0 Å². The van der Waals surface area contributed by atoms with E-state index in [0.717, 1.165) is 0 Å². The summed E-state index contributed by atoms with van der Waals surface area (Å²) in [5, 5.41) is 0. The first-order valence-corrected chi connectivity index (χ1v) is 2.18. The lowest BCUT2D eigenvalue weighted by Crippen LogP contribution is -1.34. The molecule has 0 atom stereocenters. The molecule has 0 rings (SSSR count). The van der Waals surface area contributed by atoms with Crippen molar-refractivity contribution in [3.63, 3.8) is 0 Å². The Morgan fingerprint density at radius 3 is 2.00 bits per heavy atom. The predicted octanol–water partition coefficient (Wildman–Crippen LogP) is 2.19. The quantitative estimate of drug-likeness (QED) is 0.476. The first kappa shape index (κ1) is 5.67. The van der Waals surface area contributed by atoms with E-state index >= 15 is 0 Å². The van der Waals surface area contributed by atoms with Gasteiger partial charge in [0.15, 0.2) is 0 Å². The van der Waals surface area contributed by atoms with Crippen LogP contribution < -0.4 is 0 Å². The molecule has 0 heterocycles. The zero-order chi connectivity index (χ0) is 4.28. The van der Waals surface area contributed by atoms with E-state index in [4.69, 9.17) is 23.2 Å². The van der Waals surface area contributed by atoms with Crippen molar-refractivity contribution in [3.8, 4) is 0 Å². The van der Waals surface area contributed by atoms with Gasteiger partial charge in [0, 0.05) is 5.54 Å². The van der Waals surface area contributed by atoms with Crippen molar-refractivity contribution in [1.82, 2.24) is 0 Å². The summed E-state index contributed by atoms with van der Waals surface area (Å²) in [5.41, 5.74) is 1.19. The van der Waals surface area contributed by atoms with Gasteiger partial charge in [0.1, 0.15) is 0 Å². The third-order valence-corrected chi connectivity index (χ3v) is 0.810. The molecule has 0 fully saturated rings. The molecule has 0 spiro atoms. The Bertz CT molecular complexity index is 45.6. The van der Waals surface area contributed by atoms with Gasteiger partial charge >= 0.3 is 0 Å². The molecule has 0 aromatic carbocycles. The summed E-state index contributed by atoms with van der Waals surface area (Å²) in [5.74, 6) is 0. The van der Waals surface area contributed by atoms with Gasteiger partial charge in [-0.25, -0.2) is 0 Å². The lowest BCUT2D eigenvalue weighted by atomic mass is 11.2. The first-order chi connectivity index (χ1) is 2.27. The maximum absolute atomic E-state index is 5.06. The zero-order valence-electron chi connectivity index (χ0n) is 2.28. The van der Waals surface area contributed by atoms with Crippen molar-refractivity contribution in [3.05, 3.63) is 9.90 Å². The Morgan fingerprint density at radius 2 is 2.00 bits per heavy atom. The van der Waals surface area contributed by atoms with E-state index in [-0.39, 0.29) is 0 Å². The number of hydrogen-bond acceptors (Lipinski definition) is 1. The molecule has 5 heavy (non-hydrogen) atoms. The average molecular weight is 129 g/mol. The van der Waals surface area contributed by atoms with Crippen molar-refractivity contribution >= 4 is 35.8 Å². The minimum Gasteiger partial charge on any atom is -0.130 e. The molecule has 0 radical (unpaired) electrons. The molecule has 30 valence electrons. The Hall–Kier alpha value is 0.670. The fraction of sp³-hybridized carbons (Fsp3) is 0. The zero-order valence-corrected chi connectivity index (χ0v) is 4.69. The number of halogens is 2. The van der Waals surface area contributed by atoms with E-state index in [9.17, 15) is 0 Å². The average Bonchev–Trinajstić information content (AvgIpc) is 1.38. The summed E-state index contributed by atoms with van der Waals surface area (Å²) < 4.78 is 0.312. The lowest BCUT2D eigenvalue weighted by Gasteiger charge is -1.67. The van der Waals surface area contributed by atoms with E-state index in [1.807, 2.05) is 0 Å². The van der Waals surface area contributed by atoms with Crippen molar-refractivity contribution < 1.29 is 0 Å². The van der Waals surface area contributed by atoms with E-state index < -0.39 is 0 Å². The summed E-state index contributed by atoms with van der Waals surface area (Å²) in [6.45, 7) is 0. The highest BCUT2D eigenvalue weighted by Crippen LogP contribution is 2.05. The molecular formula is C2H2Cl2S. The second-order valence-corrected chi connectivity index (χ2v) is 1.80. The molecule has 0 bridgehead atoms. The van der Waals surface area contributed by atoms with Crippen molar-refractivity contribution in [2.75, 3.05) is 0 Å². The Balaban J connectivity index is 3.14. The standard InChI is InChI=1S/C2H2Cl2S/c3-1-2(4)5/h1,5H. The SMILES string of the molecule is SC(Cl)=CCl. The van der Waals surface area contributed by atoms with Gasteiger partial charge in [0.2, 0.25) is 0 Å². The molecule has 0 N–H and O–H groups in total. The van der Waals surface area contributed by atoms with Crippen LogP contribution in [-0.2, 0) is 0 Å². The first-order valence-electron chi connectivity index (χ1n) is 0.919. The monoisotopic (exact) mass is 128 g/mol. The molecule has 0 aromatic rings. The minimum atomic E-state index is 0.312. The fourth-order valence-electron chi connectivity index (χ4n) is 0. The van der Waals surface area contributed by atoms with Crippen LogP contribution in [-0.4, -0.2) is 0 Å². The van der Waals surface area contributed by atoms with Gasteiger partial charge in [0.05, 0.1) is 4.36 Å². The van der Waals surface area contributed by atoms with Gasteiger partial charge in [0.25, 0.3) is 0 Å². The van der Waals surface area contributed by atoms with Crippen molar-refractivity contribution in [2.24, 2.45) is 0 Å². The second kappa shape index (κ2) is 2.88. The highest BCUT2D eigenvalue weighted by molar-refractivity contribution is 7.86. The number of hydrogen-bond donors (Lipinski definition) is 1. The van der Waals surface area contributed by atoms with E-state index in [1.165, 1.54) is 5.54 Å². The molecule has 0 aliphatic heterocycles. The van der Waals surface area contributed by atoms with Crippen LogP contribution >= 0.6 is 35.8 Å². The van der Waals surface area contributed by atoms with Crippen LogP contribution in [0.5, 0.6) is 0 Å². The maximum Gasteiger partial charge on any atom is 0.0817 e. The number of rotatable bonds is 0. The molecular weight excluding hydrogens is 127 g/mol. The van der Waals surface area contributed by atoms with Gasteiger partial charge in [-0.1, -0.05) is 23.2 Å². The molecule has 3 heteroatoms. The third kappa shape index (κ3) is 4.67. The van der Waals surface area contributed by atoms with Gasteiger partial charge in [-0.05, 0) is 0 Å². The molecule has 0 aliphatic rings. The van der Waals surface area contributed by atoms with Gasteiger partial charge < -0.3 is 0 Å². The molecule has 0 amide bonds. The molecule has 0 aromatic heterocycles. The summed E-state index contributed by atoms with van der Waals surface area (Å²) >= 11 is 13.6. The molecule has 0 aliphatic carbocycles. The van der Waals surface area contributed by atoms with Gasteiger partial charge in [-0.3, -0.25) is 0 Å². The Labute approximate surface area is 46.2 Å². The van der Waals surface area contributed by atoms with E-state index in [1.54, 1.807) is 0 Å². The largest absolute Gasteiger partial charge is 0.130 e. The summed E-state index contributed by atoms with van der Waals surface area (Å²) in [7, 11) is 0. The normalized spacial score (nSPS) is 12.2. The van der Waals surface area contributed by atoms with Crippen LogP contribution in [0, 0.1) is 0 Å². The summed E-state index contributed by atoms with van der Waals surface area (Å²) in [4.78, 5) is 0. The minimum absolute atomic E-state index is 0.312. The van der Waals surface area contributed by atoms with Gasteiger partial charge in [-0.2, -0.15) is 0 Å². The third-order valence-electron chi connectivity index (χ3n) is 0.0900. The van der Waals surface area contributed by atoms with Gasteiger partial charge in [-0.15, -0.1) is 12.6 Å². The highest BCUT2D eigenvalue weighted by atomic mass is 35.5. The second-order valence-electron chi connectivity index (χ2n) is 0.432. The van der Waals surface area contributed by atoms with Crippen molar-refractivity contribution in [2.45, 2.75) is 0 Å². The maximum atomic E-state index is 5.06. The lowest BCUT2D eigenvalue weighted by molar-refractivity contribution is 2.41. The van der Waals surface area contributed by atoms with Crippen LogP contribution in [0.2, 0.25) is 0 Å². The number of thiol groups is 1. The van der Waals surface area contributed by atoms with Crippen LogP contribution in [0.3, 0.4) is 0 Å². The smallest absolute Gasteiger partial charge is 0.0817 e. The van der Waals surface area contributed by atoms with E-state index in [2.05, 4.69) is 12.6 Å². The highest BCUT2D eigenvalue weighted by Gasteiger charge is 1.67. The van der Waals surface area contributed by atoms with Crippen LogP contribution in [0.25, 0.3) is 0 Å². The van der Waals surface area contributed by atoms with E-state index in [0.29, 0.717) is 4.36 Å². The summed E-state index contributed by atoms with van der Waals surface area (Å²) in [6, 6.07) is 0. The molecule has 0 nitrogen and oxygen atoms in total. The molecule has 0 saturated carbocycles.